The van der Waals surface area contributed by atoms with Gasteiger partial charge in [-0.2, -0.15) is 0 Å². The molecule has 5 nitrogen and oxygen atoms in total. The Morgan fingerprint density at radius 2 is 2.05 bits per heavy atom. The summed E-state index contributed by atoms with van der Waals surface area (Å²) in [5.74, 6) is 1.05. The molecule has 2 heterocycles. The molecular weight excluding hydrogens is 242 g/mol. The lowest BCUT2D eigenvalue weighted by Crippen LogP contribution is -2.33. The van der Waals surface area contributed by atoms with E-state index in [1.54, 1.807) is 18.0 Å². The SMILES string of the molecule is CN1C(=O)C(C)(C)c2cc(-c3cc(N)no3)ccc21. The first-order valence-corrected chi connectivity index (χ1v) is 6.06. The molecule has 0 atom stereocenters. The van der Waals surface area contributed by atoms with Crippen LogP contribution in [-0.4, -0.2) is 18.1 Å². The van der Waals surface area contributed by atoms with Crippen LogP contribution in [-0.2, 0) is 10.2 Å². The van der Waals surface area contributed by atoms with Crippen molar-refractivity contribution in [2.45, 2.75) is 19.3 Å². The van der Waals surface area contributed by atoms with E-state index in [9.17, 15) is 4.79 Å². The van der Waals surface area contributed by atoms with Crippen LogP contribution in [0.1, 0.15) is 19.4 Å². The van der Waals surface area contributed by atoms with E-state index in [0.717, 1.165) is 16.8 Å². The molecule has 1 aliphatic heterocycles. The molecule has 0 bridgehead atoms. The van der Waals surface area contributed by atoms with Crippen LogP contribution >= 0.6 is 0 Å². The minimum Gasteiger partial charge on any atom is -0.381 e. The summed E-state index contributed by atoms with van der Waals surface area (Å²) in [4.78, 5) is 13.9. The maximum absolute atomic E-state index is 12.2. The lowest BCUT2D eigenvalue weighted by Gasteiger charge is -2.16. The van der Waals surface area contributed by atoms with Crippen molar-refractivity contribution in [2.24, 2.45) is 0 Å². The second kappa shape index (κ2) is 3.60. The Morgan fingerprint density at radius 1 is 1.32 bits per heavy atom. The van der Waals surface area contributed by atoms with E-state index < -0.39 is 5.41 Å². The number of carbonyl (C=O) groups excluding carboxylic acids is 1. The van der Waals surface area contributed by atoms with Crippen LogP contribution in [0.25, 0.3) is 11.3 Å². The van der Waals surface area contributed by atoms with Gasteiger partial charge in [0.25, 0.3) is 0 Å². The van der Waals surface area contributed by atoms with Crippen molar-refractivity contribution in [3.05, 3.63) is 29.8 Å². The van der Waals surface area contributed by atoms with E-state index in [1.165, 1.54) is 0 Å². The normalized spacial score (nSPS) is 16.8. The largest absolute Gasteiger partial charge is 0.381 e. The van der Waals surface area contributed by atoms with Crippen molar-refractivity contribution in [1.29, 1.82) is 0 Å². The molecule has 0 radical (unpaired) electrons. The number of rotatable bonds is 1. The number of hydrogen-bond donors (Lipinski definition) is 1. The van der Waals surface area contributed by atoms with Gasteiger partial charge in [-0.1, -0.05) is 5.16 Å². The predicted octanol–water partition coefficient (Wildman–Crippen LogP) is 2.18. The van der Waals surface area contributed by atoms with Gasteiger partial charge in [-0.15, -0.1) is 0 Å². The zero-order chi connectivity index (χ0) is 13.8. The third-order valence-corrected chi connectivity index (χ3v) is 3.68. The fourth-order valence-electron chi connectivity index (χ4n) is 2.55. The number of carbonyl (C=O) groups is 1. The maximum Gasteiger partial charge on any atom is 0.236 e. The van der Waals surface area contributed by atoms with Crippen molar-refractivity contribution in [3.63, 3.8) is 0 Å². The molecule has 1 aliphatic rings. The van der Waals surface area contributed by atoms with Crippen molar-refractivity contribution in [2.75, 3.05) is 17.7 Å². The number of likely N-dealkylation sites (N-methyl/N-ethyl adjacent to an activating group) is 1. The fraction of sp³-hybridized carbons (Fsp3) is 0.286. The van der Waals surface area contributed by atoms with E-state index in [-0.39, 0.29) is 5.91 Å². The summed E-state index contributed by atoms with van der Waals surface area (Å²) in [5.41, 5.74) is 7.84. The van der Waals surface area contributed by atoms with Crippen LogP contribution in [0.4, 0.5) is 11.5 Å². The van der Waals surface area contributed by atoms with Gasteiger partial charge in [0.2, 0.25) is 5.91 Å². The molecule has 1 amide bonds. The van der Waals surface area contributed by atoms with E-state index in [2.05, 4.69) is 5.16 Å². The standard InChI is InChI=1S/C14H15N3O2/c1-14(2)9-6-8(11-7-12(15)16-19-11)4-5-10(9)17(3)13(14)18/h4-7H,1-3H3,(H2,15,16). The van der Waals surface area contributed by atoms with Gasteiger partial charge in [-0.3, -0.25) is 4.79 Å². The second-order valence-corrected chi connectivity index (χ2v) is 5.34. The van der Waals surface area contributed by atoms with Gasteiger partial charge in [0.15, 0.2) is 11.6 Å². The predicted molar refractivity (Wildman–Crippen MR) is 72.8 cm³/mol. The molecule has 5 heteroatoms. The molecule has 0 fully saturated rings. The summed E-state index contributed by atoms with van der Waals surface area (Å²) in [7, 11) is 1.79. The van der Waals surface area contributed by atoms with Crippen molar-refractivity contribution in [1.82, 2.24) is 5.16 Å². The molecule has 0 saturated heterocycles. The Balaban J connectivity index is 2.16. The number of nitrogens with zero attached hydrogens (tertiary/aromatic N) is 2. The van der Waals surface area contributed by atoms with Gasteiger partial charge >= 0.3 is 0 Å². The molecule has 19 heavy (non-hydrogen) atoms. The van der Waals surface area contributed by atoms with E-state index in [1.807, 2.05) is 32.0 Å². The third kappa shape index (κ3) is 1.54. The minimum absolute atomic E-state index is 0.0942. The lowest BCUT2D eigenvalue weighted by molar-refractivity contribution is -0.121. The van der Waals surface area contributed by atoms with E-state index in [0.29, 0.717) is 11.6 Å². The molecular formula is C14H15N3O2. The molecule has 3 rings (SSSR count). The van der Waals surface area contributed by atoms with Crippen molar-refractivity contribution >= 4 is 17.4 Å². The average molecular weight is 257 g/mol. The molecule has 1 aromatic heterocycles. The number of aromatic nitrogens is 1. The van der Waals surface area contributed by atoms with Crippen molar-refractivity contribution in [3.8, 4) is 11.3 Å². The molecule has 2 N–H and O–H groups in total. The van der Waals surface area contributed by atoms with Crippen molar-refractivity contribution < 1.29 is 9.32 Å². The molecule has 0 spiro atoms. The van der Waals surface area contributed by atoms with E-state index in [4.69, 9.17) is 10.3 Å². The number of hydrogen-bond acceptors (Lipinski definition) is 4. The van der Waals surface area contributed by atoms with Gasteiger partial charge in [0.1, 0.15) is 0 Å². The van der Waals surface area contributed by atoms with Crippen LogP contribution < -0.4 is 10.6 Å². The Kier molecular flexibility index (Phi) is 2.23. The molecule has 0 unspecified atom stereocenters. The number of anilines is 2. The molecule has 98 valence electrons. The Hall–Kier alpha value is -2.30. The first-order valence-electron chi connectivity index (χ1n) is 6.06. The smallest absolute Gasteiger partial charge is 0.236 e. The highest BCUT2D eigenvalue weighted by Gasteiger charge is 2.42. The van der Waals surface area contributed by atoms with Gasteiger partial charge in [-0.25, -0.2) is 0 Å². The summed E-state index contributed by atoms with van der Waals surface area (Å²) in [6.07, 6.45) is 0. The highest BCUT2D eigenvalue weighted by atomic mass is 16.5. The second-order valence-electron chi connectivity index (χ2n) is 5.34. The Bertz CT molecular complexity index is 673. The molecule has 2 aromatic rings. The summed E-state index contributed by atoms with van der Waals surface area (Å²) in [6.45, 7) is 3.85. The third-order valence-electron chi connectivity index (χ3n) is 3.68. The fourth-order valence-corrected chi connectivity index (χ4v) is 2.55. The number of nitrogen functional groups attached to an aromatic ring is 1. The van der Waals surface area contributed by atoms with Crippen LogP contribution in [0.5, 0.6) is 0 Å². The first-order chi connectivity index (χ1) is 8.91. The number of benzene rings is 1. The molecule has 0 saturated carbocycles. The summed E-state index contributed by atoms with van der Waals surface area (Å²) < 4.78 is 5.16. The van der Waals surface area contributed by atoms with Gasteiger partial charge in [0.05, 0.1) is 5.41 Å². The van der Waals surface area contributed by atoms with Gasteiger partial charge in [0, 0.05) is 24.4 Å². The molecule has 1 aromatic carbocycles. The quantitative estimate of drug-likeness (QED) is 0.849. The maximum atomic E-state index is 12.2. The number of amides is 1. The van der Waals surface area contributed by atoms with Crippen LogP contribution in [0.3, 0.4) is 0 Å². The van der Waals surface area contributed by atoms with Crippen LogP contribution in [0.2, 0.25) is 0 Å². The summed E-state index contributed by atoms with van der Waals surface area (Å²) in [5, 5.41) is 3.68. The Labute approximate surface area is 111 Å². The van der Waals surface area contributed by atoms with E-state index >= 15 is 0 Å². The zero-order valence-corrected chi connectivity index (χ0v) is 11.1. The first kappa shape index (κ1) is 11.8. The van der Waals surface area contributed by atoms with Gasteiger partial charge < -0.3 is 15.2 Å². The summed E-state index contributed by atoms with van der Waals surface area (Å²) in [6, 6.07) is 7.48. The lowest BCUT2D eigenvalue weighted by atomic mass is 9.85. The monoisotopic (exact) mass is 257 g/mol. The minimum atomic E-state index is -0.522. The highest BCUT2D eigenvalue weighted by molar-refractivity contribution is 6.07. The van der Waals surface area contributed by atoms with Gasteiger partial charge in [-0.05, 0) is 37.6 Å². The zero-order valence-electron chi connectivity index (χ0n) is 11.1. The average Bonchev–Trinajstić information content (AvgIpc) is 2.88. The topological polar surface area (TPSA) is 72.4 Å². The Morgan fingerprint density at radius 3 is 2.68 bits per heavy atom. The highest BCUT2D eigenvalue weighted by Crippen LogP contribution is 2.42. The van der Waals surface area contributed by atoms with Crippen LogP contribution in [0, 0.1) is 0 Å². The molecule has 0 aliphatic carbocycles. The van der Waals surface area contributed by atoms with Crippen LogP contribution in [0.15, 0.2) is 28.8 Å². The number of fused-ring (bicyclic) bond motifs is 1. The number of nitrogens with two attached hydrogens (primary N) is 1. The summed E-state index contributed by atoms with van der Waals surface area (Å²) >= 11 is 0.